The number of benzene rings is 1. The molecule has 0 saturated heterocycles. The van der Waals surface area contributed by atoms with Crippen molar-refractivity contribution in [2.45, 2.75) is 38.4 Å². The second kappa shape index (κ2) is 5.54. The van der Waals surface area contributed by atoms with Crippen LogP contribution in [0.5, 0.6) is 5.75 Å². The van der Waals surface area contributed by atoms with Gasteiger partial charge < -0.3 is 9.47 Å². The van der Waals surface area contributed by atoms with Crippen molar-refractivity contribution in [3.05, 3.63) is 28.7 Å². The van der Waals surface area contributed by atoms with Crippen LogP contribution in [0.1, 0.15) is 26.2 Å². The highest BCUT2D eigenvalue weighted by molar-refractivity contribution is 9.10. The van der Waals surface area contributed by atoms with Gasteiger partial charge in [-0.05, 0) is 43.5 Å². The van der Waals surface area contributed by atoms with Crippen molar-refractivity contribution in [3.63, 3.8) is 0 Å². The highest BCUT2D eigenvalue weighted by atomic mass is 79.9. The molecule has 1 aromatic carbocycles. The molecule has 92 valence electrons. The molecule has 1 fully saturated rings. The van der Waals surface area contributed by atoms with Crippen molar-refractivity contribution < 1.29 is 14.3 Å². The predicted molar refractivity (Wildman–Crippen MR) is 68.0 cm³/mol. The monoisotopic (exact) mass is 298 g/mol. The Morgan fingerprint density at radius 1 is 1.24 bits per heavy atom. The minimum Gasteiger partial charge on any atom is -0.487 e. The predicted octanol–water partition coefficient (Wildman–Crippen LogP) is 3.31. The Labute approximate surface area is 109 Å². The van der Waals surface area contributed by atoms with Gasteiger partial charge in [0.05, 0.1) is 0 Å². The molecule has 1 saturated carbocycles. The van der Waals surface area contributed by atoms with Gasteiger partial charge in [-0.25, -0.2) is 0 Å². The SMILES string of the molecule is CC(=O)O[C@@H]1CCC[C@H]1Oc1ccc(Br)cc1. The lowest BCUT2D eigenvalue weighted by Gasteiger charge is -2.20. The van der Waals surface area contributed by atoms with Gasteiger partial charge in [0.25, 0.3) is 0 Å². The topological polar surface area (TPSA) is 35.5 Å². The number of carbonyl (C=O) groups is 1. The molecule has 3 nitrogen and oxygen atoms in total. The Bertz CT molecular complexity index is 388. The number of ether oxygens (including phenoxy) is 2. The number of rotatable bonds is 3. The van der Waals surface area contributed by atoms with E-state index in [9.17, 15) is 4.79 Å². The van der Waals surface area contributed by atoms with E-state index >= 15 is 0 Å². The summed E-state index contributed by atoms with van der Waals surface area (Å²) >= 11 is 3.38. The van der Waals surface area contributed by atoms with Crippen LogP contribution >= 0.6 is 15.9 Å². The Morgan fingerprint density at radius 3 is 2.53 bits per heavy atom. The fraction of sp³-hybridized carbons (Fsp3) is 0.462. The summed E-state index contributed by atoms with van der Waals surface area (Å²) in [5.41, 5.74) is 0. The maximum atomic E-state index is 11.0. The normalized spacial score (nSPS) is 23.4. The first kappa shape index (κ1) is 12.4. The molecule has 0 amide bonds. The summed E-state index contributed by atoms with van der Waals surface area (Å²) in [6, 6.07) is 7.69. The molecule has 0 unspecified atom stereocenters. The third-order valence-electron chi connectivity index (χ3n) is 2.81. The first-order chi connectivity index (χ1) is 8.15. The van der Waals surface area contributed by atoms with Crippen LogP contribution in [0.2, 0.25) is 0 Å². The molecule has 2 atom stereocenters. The van der Waals surface area contributed by atoms with Crippen LogP contribution in [-0.2, 0) is 9.53 Å². The number of halogens is 1. The molecule has 4 heteroatoms. The van der Waals surface area contributed by atoms with Gasteiger partial charge in [-0.15, -0.1) is 0 Å². The summed E-state index contributed by atoms with van der Waals surface area (Å²) in [5, 5.41) is 0. The molecule has 2 rings (SSSR count). The fourth-order valence-electron chi connectivity index (χ4n) is 2.06. The van der Waals surface area contributed by atoms with E-state index in [1.165, 1.54) is 6.92 Å². The quantitative estimate of drug-likeness (QED) is 0.803. The van der Waals surface area contributed by atoms with E-state index in [4.69, 9.17) is 9.47 Å². The number of esters is 1. The van der Waals surface area contributed by atoms with E-state index in [-0.39, 0.29) is 18.2 Å². The molecule has 0 aromatic heterocycles. The number of carbonyl (C=O) groups excluding carboxylic acids is 1. The molecular weight excluding hydrogens is 284 g/mol. The van der Waals surface area contributed by atoms with Crippen molar-refractivity contribution in [2.24, 2.45) is 0 Å². The average molecular weight is 299 g/mol. The standard InChI is InChI=1S/C13H15BrO3/c1-9(15)16-12-3-2-4-13(12)17-11-7-5-10(14)6-8-11/h5-8,12-13H,2-4H2,1H3/t12-,13-/m1/s1. The van der Waals surface area contributed by atoms with Crippen LogP contribution in [0.4, 0.5) is 0 Å². The first-order valence-corrected chi connectivity index (χ1v) is 6.54. The van der Waals surface area contributed by atoms with Crippen LogP contribution in [0, 0.1) is 0 Å². The van der Waals surface area contributed by atoms with E-state index in [1.807, 2.05) is 24.3 Å². The van der Waals surface area contributed by atoms with Gasteiger partial charge >= 0.3 is 5.97 Å². The van der Waals surface area contributed by atoms with Crippen LogP contribution < -0.4 is 4.74 Å². The zero-order valence-electron chi connectivity index (χ0n) is 9.69. The Hall–Kier alpha value is -1.03. The van der Waals surface area contributed by atoms with Gasteiger partial charge in [0.15, 0.2) is 0 Å². The van der Waals surface area contributed by atoms with Gasteiger partial charge in [0.1, 0.15) is 18.0 Å². The van der Waals surface area contributed by atoms with Crippen LogP contribution in [-0.4, -0.2) is 18.2 Å². The minimum absolute atomic E-state index is 0.0138. The zero-order valence-corrected chi connectivity index (χ0v) is 11.3. The molecule has 17 heavy (non-hydrogen) atoms. The van der Waals surface area contributed by atoms with E-state index < -0.39 is 0 Å². The van der Waals surface area contributed by atoms with Gasteiger partial charge in [-0.3, -0.25) is 4.79 Å². The second-order valence-corrected chi connectivity index (χ2v) is 5.10. The summed E-state index contributed by atoms with van der Waals surface area (Å²) in [5.74, 6) is 0.582. The molecule has 1 aromatic rings. The smallest absolute Gasteiger partial charge is 0.303 e. The third kappa shape index (κ3) is 3.46. The third-order valence-corrected chi connectivity index (χ3v) is 3.34. The lowest BCUT2D eigenvalue weighted by molar-refractivity contribution is -0.149. The number of hydrogen-bond acceptors (Lipinski definition) is 3. The molecule has 1 aliphatic carbocycles. The van der Waals surface area contributed by atoms with Crippen molar-refractivity contribution >= 4 is 21.9 Å². The molecular formula is C13H15BrO3. The zero-order chi connectivity index (χ0) is 12.3. The van der Waals surface area contributed by atoms with E-state index in [1.54, 1.807) is 0 Å². The van der Waals surface area contributed by atoms with Crippen molar-refractivity contribution in [3.8, 4) is 5.75 Å². The van der Waals surface area contributed by atoms with Gasteiger partial charge in [0, 0.05) is 11.4 Å². The van der Waals surface area contributed by atoms with Crippen molar-refractivity contribution in [1.82, 2.24) is 0 Å². The molecule has 0 heterocycles. The summed E-state index contributed by atoms with van der Waals surface area (Å²) in [6.07, 6.45) is 2.75. The van der Waals surface area contributed by atoms with E-state index in [0.717, 1.165) is 29.5 Å². The maximum Gasteiger partial charge on any atom is 0.303 e. The van der Waals surface area contributed by atoms with Gasteiger partial charge in [-0.1, -0.05) is 15.9 Å². The van der Waals surface area contributed by atoms with E-state index in [0.29, 0.717) is 0 Å². The highest BCUT2D eigenvalue weighted by Gasteiger charge is 2.31. The summed E-state index contributed by atoms with van der Waals surface area (Å²) in [7, 11) is 0. The average Bonchev–Trinajstić information content (AvgIpc) is 2.68. The molecule has 0 spiro atoms. The molecule has 0 N–H and O–H groups in total. The molecule has 0 aliphatic heterocycles. The highest BCUT2D eigenvalue weighted by Crippen LogP contribution is 2.27. The summed E-state index contributed by atoms with van der Waals surface area (Å²) < 4.78 is 12.1. The van der Waals surface area contributed by atoms with Gasteiger partial charge in [-0.2, -0.15) is 0 Å². The van der Waals surface area contributed by atoms with Gasteiger partial charge in [0.2, 0.25) is 0 Å². The number of hydrogen-bond donors (Lipinski definition) is 0. The molecule has 0 radical (unpaired) electrons. The lowest BCUT2D eigenvalue weighted by Crippen LogP contribution is -2.30. The second-order valence-electron chi connectivity index (χ2n) is 4.19. The van der Waals surface area contributed by atoms with Crippen molar-refractivity contribution in [1.29, 1.82) is 0 Å². The van der Waals surface area contributed by atoms with Crippen LogP contribution in [0.15, 0.2) is 28.7 Å². The van der Waals surface area contributed by atoms with Crippen molar-refractivity contribution in [2.75, 3.05) is 0 Å². The van der Waals surface area contributed by atoms with Crippen LogP contribution in [0.25, 0.3) is 0 Å². The van der Waals surface area contributed by atoms with Crippen LogP contribution in [0.3, 0.4) is 0 Å². The largest absolute Gasteiger partial charge is 0.487 e. The maximum absolute atomic E-state index is 11.0. The summed E-state index contributed by atoms with van der Waals surface area (Å²) in [6.45, 7) is 1.44. The first-order valence-electron chi connectivity index (χ1n) is 5.74. The summed E-state index contributed by atoms with van der Waals surface area (Å²) in [4.78, 5) is 11.0. The fourth-order valence-corrected chi connectivity index (χ4v) is 2.33. The Kier molecular flexibility index (Phi) is 4.05. The Balaban J connectivity index is 1.97. The lowest BCUT2D eigenvalue weighted by atomic mass is 10.2. The Morgan fingerprint density at radius 2 is 1.88 bits per heavy atom. The molecule has 0 bridgehead atoms. The molecule has 1 aliphatic rings. The van der Waals surface area contributed by atoms with E-state index in [2.05, 4.69) is 15.9 Å². The minimum atomic E-state index is -0.235.